The average Bonchev–Trinajstić information content (AvgIpc) is 2.66. The summed E-state index contributed by atoms with van der Waals surface area (Å²) in [6, 6.07) is 11.7. The molecule has 0 aliphatic heterocycles. The van der Waals surface area contributed by atoms with Crippen LogP contribution in [0.2, 0.25) is 15.1 Å². The van der Waals surface area contributed by atoms with Crippen LogP contribution in [0.25, 0.3) is 0 Å². The lowest BCUT2D eigenvalue weighted by Gasteiger charge is -2.29. The van der Waals surface area contributed by atoms with Crippen molar-refractivity contribution in [3.63, 3.8) is 0 Å². The lowest BCUT2D eigenvalue weighted by Crippen LogP contribution is -2.48. The molecule has 0 spiro atoms. The summed E-state index contributed by atoms with van der Waals surface area (Å²) in [5, 5.41) is 4.26. The molecule has 2 aromatic rings. The van der Waals surface area contributed by atoms with Crippen molar-refractivity contribution in [1.29, 1.82) is 0 Å². The van der Waals surface area contributed by atoms with E-state index in [1.54, 1.807) is 48.2 Å². The van der Waals surface area contributed by atoms with Crippen molar-refractivity contribution in [2.45, 2.75) is 39.3 Å². The van der Waals surface area contributed by atoms with Gasteiger partial charge >= 0.3 is 0 Å². The first kappa shape index (κ1) is 22.5. The molecule has 2 rings (SSSR count). The fourth-order valence-electron chi connectivity index (χ4n) is 2.74. The summed E-state index contributed by atoms with van der Waals surface area (Å²) in [5.41, 5.74) is 1.58. The Morgan fingerprint density at radius 2 is 1.79 bits per heavy atom. The van der Waals surface area contributed by atoms with E-state index in [0.717, 1.165) is 17.5 Å². The van der Waals surface area contributed by atoms with E-state index in [4.69, 9.17) is 34.8 Å². The first-order valence-electron chi connectivity index (χ1n) is 9.07. The Hall–Kier alpha value is -1.75. The Labute approximate surface area is 180 Å². The summed E-state index contributed by atoms with van der Waals surface area (Å²) in [6.07, 6.45) is 0.967. The third kappa shape index (κ3) is 6.40. The Bertz CT molecular complexity index is 842. The van der Waals surface area contributed by atoms with E-state index in [1.165, 1.54) is 0 Å². The number of carbonyl (C=O) groups excluding carboxylic acids is 2. The van der Waals surface area contributed by atoms with Crippen molar-refractivity contribution in [2.75, 3.05) is 6.54 Å². The molecule has 1 N–H and O–H groups in total. The maximum atomic E-state index is 13.0. The summed E-state index contributed by atoms with van der Waals surface area (Å²) >= 11 is 18.1. The molecule has 0 aromatic heterocycles. The van der Waals surface area contributed by atoms with Crippen LogP contribution in [-0.2, 0) is 22.6 Å². The number of nitrogens with zero attached hydrogens (tertiary/aromatic N) is 1. The lowest BCUT2D eigenvalue weighted by atomic mass is 10.1. The monoisotopic (exact) mass is 440 g/mol. The maximum Gasteiger partial charge on any atom is 0.242 e. The summed E-state index contributed by atoms with van der Waals surface area (Å²) in [4.78, 5) is 27.1. The fraction of sp³-hybridized carbons (Fsp3) is 0.333. The molecule has 0 fully saturated rings. The molecule has 150 valence electrons. The van der Waals surface area contributed by atoms with Crippen LogP contribution in [0, 0.1) is 0 Å². The molecule has 0 aliphatic carbocycles. The van der Waals surface area contributed by atoms with Crippen LogP contribution < -0.4 is 5.32 Å². The second-order valence-electron chi connectivity index (χ2n) is 6.54. The third-order valence-corrected chi connectivity index (χ3v) is 5.27. The van der Waals surface area contributed by atoms with Crippen molar-refractivity contribution in [2.24, 2.45) is 0 Å². The van der Waals surface area contributed by atoms with Gasteiger partial charge in [-0.1, -0.05) is 59.9 Å². The number of hydrogen-bond acceptors (Lipinski definition) is 2. The van der Waals surface area contributed by atoms with Gasteiger partial charge in [0.1, 0.15) is 6.04 Å². The Kier molecular flexibility index (Phi) is 8.61. The van der Waals surface area contributed by atoms with Crippen LogP contribution in [0.1, 0.15) is 31.4 Å². The van der Waals surface area contributed by atoms with E-state index in [9.17, 15) is 9.59 Å². The van der Waals surface area contributed by atoms with Gasteiger partial charge in [0.05, 0.1) is 16.5 Å². The summed E-state index contributed by atoms with van der Waals surface area (Å²) in [7, 11) is 0. The fourth-order valence-corrected chi connectivity index (χ4v) is 3.27. The van der Waals surface area contributed by atoms with Crippen molar-refractivity contribution in [3.05, 3.63) is 68.7 Å². The zero-order valence-electron chi connectivity index (χ0n) is 15.8. The average molecular weight is 442 g/mol. The van der Waals surface area contributed by atoms with Gasteiger partial charge in [-0.05, 0) is 48.7 Å². The Morgan fingerprint density at radius 1 is 1.04 bits per heavy atom. The Balaban J connectivity index is 2.24. The van der Waals surface area contributed by atoms with Crippen LogP contribution in [0.4, 0.5) is 0 Å². The van der Waals surface area contributed by atoms with Crippen molar-refractivity contribution in [1.82, 2.24) is 10.2 Å². The predicted molar refractivity (Wildman–Crippen MR) is 115 cm³/mol. The standard InChI is InChI=1S/C21H23Cl3N2O2/c1-3-9-25-21(28)14(2)26(13-16-7-8-18(23)19(24)11-16)20(27)12-15-5-4-6-17(22)10-15/h4-8,10-11,14H,3,9,12-13H2,1-2H3,(H,25,28)/t14-/m0/s1. The summed E-state index contributed by atoms with van der Waals surface area (Å²) in [6.45, 7) is 4.50. The number of rotatable bonds is 8. The Morgan fingerprint density at radius 3 is 2.43 bits per heavy atom. The normalized spacial score (nSPS) is 11.8. The molecule has 0 saturated heterocycles. The quantitative estimate of drug-likeness (QED) is 0.617. The largest absolute Gasteiger partial charge is 0.354 e. The number of carbonyl (C=O) groups is 2. The highest BCUT2D eigenvalue weighted by Crippen LogP contribution is 2.24. The first-order chi connectivity index (χ1) is 13.3. The van der Waals surface area contributed by atoms with E-state index >= 15 is 0 Å². The molecule has 28 heavy (non-hydrogen) atoms. The van der Waals surface area contributed by atoms with Crippen LogP contribution in [0.3, 0.4) is 0 Å². The van der Waals surface area contributed by atoms with Crippen molar-refractivity contribution >= 4 is 46.6 Å². The highest BCUT2D eigenvalue weighted by molar-refractivity contribution is 6.42. The number of benzene rings is 2. The van der Waals surface area contributed by atoms with E-state index in [1.807, 2.05) is 13.0 Å². The molecule has 0 bridgehead atoms. The minimum atomic E-state index is -0.632. The van der Waals surface area contributed by atoms with Crippen LogP contribution in [0.15, 0.2) is 42.5 Å². The zero-order valence-corrected chi connectivity index (χ0v) is 18.1. The van der Waals surface area contributed by atoms with Crippen LogP contribution in [0.5, 0.6) is 0 Å². The number of amides is 2. The van der Waals surface area contributed by atoms with Gasteiger partial charge < -0.3 is 10.2 Å². The smallest absolute Gasteiger partial charge is 0.242 e. The zero-order chi connectivity index (χ0) is 20.7. The molecule has 0 radical (unpaired) electrons. The van der Waals surface area contributed by atoms with Gasteiger partial charge in [-0.15, -0.1) is 0 Å². The second-order valence-corrected chi connectivity index (χ2v) is 7.79. The summed E-state index contributed by atoms with van der Waals surface area (Å²) < 4.78 is 0. The van der Waals surface area contributed by atoms with Crippen molar-refractivity contribution in [3.8, 4) is 0 Å². The minimum Gasteiger partial charge on any atom is -0.354 e. The predicted octanol–water partition coefficient (Wildman–Crippen LogP) is 5.13. The maximum absolute atomic E-state index is 13.0. The second kappa shape index (κ2) is 10.7. The SMILES string of the molecule is CCCNC(=O)[C@H](C)N(Cc1ccc(Cl)c(Cl)c1)C(=O)Cc1cccc(Cl)c1. The molecule has 0 unspecified atom stereocenters. The van der Waals surface area contributed by atoms with E-state index in [-0.39, 0.29) is 24.8 Å². The molecule has 0 saturated carbocycles. The van der Waals surface area contributed by atoms with Gasteiger partial charge in [-0.3, -0.25) is 9.59 Å². The first-order valence-corrected chi connectivity index (χ1v) is 10.2. The number of hydrogen-bond donors (Lipinski definition) is 1. The van der Waals surface area contributed by atoms with Crippen LogP contribution >= 0.6 is 34.8 Å². The van der Waals surface area contributed by atoms with Gasteiger partial charge in [0, 0.05) is 18.1 Å². The van der Waals surface area contributed by atoms with E-state index in [2.05, 4.69) is 5.32 Å². The molecular weight excluding hydrogens is 419 g/mol. The van der Waals surface area contributed by atoms with Gasteiger partial charge in [0.15, 0.2) is 0 Å². The molecule has 2 aromatic carbocycles. The highest BCUT2D eigenvalue weighted by Gasteiger charge is 2.26. The van der Waals surface area contributed by atoms with Gasteiger partial charge in [-0.2, -0.15) is 0 Å². The lowest BCUT2D eigenvalue weighted by molar-refractivity contribution is -0.140. The topological polar surface area (TPSA) is 49.4 Å². The molecule has 7 heteroatoms. The molecule has 4 nitrogen and oxygen atoms in total. The molecule has 2 amide bonds. The van der Waals surface area contributed by atoms with E-state index < -0.39 is 6.04 Å². The van der Waals surface area contributed by atoms with Crippen LogP contribution in [-0.4, -0.2) is 29.3 Å². The summed E-state index contributed by atoms with van der Waals surface area (Å²) in [5.74, 6) is -0.367. The minimum absolute atomic E-state index is 0.146. The number of halogens is 3. The number of nitrogens with one attached hydrogen (secondary N) is 1. The van der Waals surface area contributed by atoms with Gasteiger partial charge in [-0.25, -0.2) is 0 Å². The van der Waals surface area contributed by atoms with Crippen molar-refractivity contribution < 1.29 is 9.59 Å². The van der Waals surface area contributed by atoms with Gasteiger partial charge in [0.25, 0.3) is 0 Å². The molecule has 0 heterocycles. The third-order valence-electron chi connectivity index (χ3n) is 4.30. The molecule has 0 aliphatic rings. The molecule has 1 atom stereocenters. The van der Waals surface area contributed by atoms with Gasteiger partial charge in [0.2, 0.25) is 11.8 Å². The highest BCUT2D eigenvalue weighted by atomic mass is 35.5. The van der Waals surface area contributed by atoms with E-state index in [0.29, 0.717) is 21.6 Å². The molecular formula is C21H23Cl3N2O2.